The number of carbonyl (C=O) groups is 1. The number of rotatable bonds is 5. The molecule has 2 aromatic heterocycles. The Kier molecular flexibility index (Phi) is 4.25. The first-order valence-electron chi connectivity index (χ1n) is 6.88. The maximum Gasteiger partial charge on any atom is 0.309 e. The maximum absolute atomic E-state index is 12.3. The van der Waals surface area contributed by atoms with Gasteiger partial charge in [-0.25, -0.2) is 0 Å². The van der Waals surface area contributed by atoms with Gasteiger partial charge in [-0.3, -0.25) is 24.3 Å². The van der Waals surface area contributed by atoms with E-state index in [1.54, 1.807) is 17.8 Å². The molecule has 0 radical (unpaired) electrons. The third kappa shape index (κ3) is 2.83. The van der Waals surface area contributed by atoms with Gasteiger partial charge in [0.2, 0.25) is 5.91 Å². The quantitative estimate of drug-likeness (QED) is 0.669. The molecule has 118 valence electrons. The molecule has 1 amide bonds. The van der Waals surface area contributed by atoms with Gasteiger partial charge < -0.3 is 5.32 Å². The van der Waals surface area contributed by atoms with Crippen LogP contribution in [0.5, 0.6) is 0 Å². The first kappa shape index (κ1) is 15.7. The molecule has 2 heterocycles. The van der Waals surface area contributed by atoms with Crippen LogP contribution in [0, 0.1) is 24.0 Å². The Labute approximate surface area is 127 Å². The van der Waals surface area contributed by atoms with E-state index in [1.807, 2.05) is 13.8 Å². The van der Waals surface area contributed by atoms with Crippen molar-refractivity contribution in [2.75, 3.05) is 5.32 Å². The summed E-state index contributed by atoms with van der Waals surface area (Å²) in [7, 11) is 0. The van der Waals surface area contributed by atoms with E-state index in [0.29, 0.717) is 12.2 Å². The summed E-state index contributed by atoms with van der Waals surface area (Å²) in [6.07, 6.45) is 2.85. The summed E-state index contributed by atoms with van der Waals surface area (Å²) in [5.74, 6) is -0.309. The van der Waals surface area contributed by atoms with Crippen LogP contribution in [0.15, 0.2) is 12.4 Å². The zero-order valence-electron chi connectivity index (χ0n) is 12.9. The summed E-state index contributed by atoms with van der Waals surface area (Å²) in [5.41, 5.74) is 1.65. The molecule has 0 fully saturated rings. The van der Waals surface area contributed by atoms with Crippen LogP contribution in [0.4, 0.5) is 11.4 Å². The normalized spacial score (nSPS) is 12.2. The molecule has 9 heteroatoms. The molecular weight excluding hydrogens is 288 g/mol. The molecule has 22 heavy (non-hydrogen) atoms. The molecule has 1 N–H and O–H groups in total. The highest BCUT2D eigenvalue weighted by atomic mass is 16.6. The molecule has 9 nitrogen and oxygen atoms in total. The van der Waals surface area contributed by atoms with Gasteiger partial charge >= 0.3 is 5.69 Å². The fourth-order valence-corrected chi connectivity index (χ4v) is 2.10. The van der Waals surface area contributed by atoms with Crippen molar-refractivity contribution < 1.29 is 9.72 Å². The van der Waals surface area contributed by atoms with E-state index in [4.69, 9.17) is 0 Å². The van der Waals surface area contributed by atoms with E-state index in [-0.39, 0.29) is 17.3 Å². The lowest BCUT2D eigenvalue weighted by atomic mass is 10.3. The van der Waals surface area contributed by atoms with Crippen molar-refractivity contribution in [1.82, 2.24) is 19.6 Å². The van der Waals surface area contributed by atoms with Crippen LogP contribution in [0.25, 0.3) is 0 Å². The van der Waals surface area contributed by atoms with Crippen molar-refractivity contribution in [2.45, 2.75) is 40.3 Å². The van der Waals surface area contributed by atoms with E-state index in [9.17, 15) is 14.9 Å². The molecule has 1 atom stereocenters. The second-order valence-electron chi connectivity index (χ2n) is 4.96. The highest BCUT2D eigenvalue weighted by molar-refractivity contribution is 5.93. The average Bonchev–Trinajstić information content (AvgIpc) is 3.02. The van der Waals surface area contributed by atoms with Gasteiger partial charge in [0, 0.05) is 6.54 Å². The molecule has 0 aliphatic heterocycles. The van der Waals surface area contributed by atoms with Crippen LogP contribution in [0.3, 0.4) is 0 Å². The minimum absolute atomic E-state index is 0.102. The average molecular weight is 306 g/mol. The summed E-state index contributed by atoms with van der Waals surface area (Å²) in [6.45, 7) is 7.70. The Morgan fingerprint density at radius 3 is 2.68 bits per heavy atom. The van der Waals surface area contributed by atoms with E-state index in [2.05, 4.69) is 15.5 Å². The number of hydrogen-bond acceptors (Lipinski definition) is 5. The zero-order valence-corrected chi connectivity index (χ0v) is 12.9. The van der Waals surface area contributed by atoms with Gasteiger partial charge in [-0.1, -0.05) is 0 Å². The Morgan fingerprint density at radius 1 is 1.50 bits per heavy atom. The maximum atomic E-state index is 12.3. The fourth-order valence-electron chi connectivity index (χ4n) is 2.10. The van der Waals surface area contributed by atoms with Gasteiger partial charge in [-0.05, 0) is 27.7 Å². The number of aryl methyl sites for hydroxylation is 2. The monoisotopic (exact) mass is 306 g/mol. The minimum atomic E-state index is -0.670. The number of carbonyl (C=O) groups excluding carboxylic acids is 1. The lowest BCUT2D eigenvalue weighted by Crippen LogP contribution is -2.24. The van der Waals surface area contributed by atoms with Crippen molar-refractivity contribution in [3.05, 3.63) is 33.9 Å². The Balaban J connectivity index is 2.17. The van der Waals surface area contributed by atoms with Gasteiger partial charge in [0.05, 0.1) is 22.5 Å². The number of nitro groups is 1. The third-order valence-corrected chi connectivity index (χ3v) is 3.52. The molecule has 0 spiro atoms. The number of amides is 1. The number of nitrogens with zero attached hydrogens (tertiary/aromatic N) is 5. The molecule has 2 rings (SSSR count). The van der Waals surface area contributed by atoms with Crippen LogP contribution in [0.1, 0.15) is 31.3 Å². The number of hydrogen-bond donors (Lipinski definition) is 1. The molecule has 1 unspecified atom stereocenters. The second-order valence-corrected chi connectivity index (χ2v) is 4.96. The van der Waals surface area contributed by atoms with Gasteiger partial charge in [0.15, 0.2) is 0 Å². The van der Waals surface area contributed by atoms with Gasteiger partial charge in [0.1, 0.15) is 17.9 Å². The predicted molar refractivity (Wildman–Crippen MR) is 79.6 cm³/mol. The second kappa shape index (κ2) is 5.96. The van der Waals surface area contributed by atoms with Gasteiger partial charge in [-0.15, -0.1) is 0 Å². The van der Waals surface area contributed by atoms with Crippen LogP contribution >= 0.6 is 0 Å². The van der Waals surface area contributed by atoms with Crippen LogP contribution in [-0.2, 0) is 11.3 Å². The molecule has 0 aromatic carbocycles. The van der Waals surface area contributed by atoms with Crippen molar-refractivity contribution in [3.8, 4) is 0 Å². The SMILES string of the molecule is CCn1ncc(NC(=O)C(C)n2cc([N+](=O)[O-])c(C)n2)c1C. The first-order chi connectivity index (χ1) is 10.3. The Morgan fingerprint density at radius 2 is 2.18 bits per heavy atom. The van der Waals surface area contributed by atoms with Crippen molar-refractivity contribution in [3.63, 3.8) is 0 Å². The van der Waals surface area contributed by atoms with E-state index in [0.717, 1.165) is 5.69 Å². The first-order valence-corrected chi connectivity index (χ1v) is 6.88. The molecule has 0 bridgehead atoms. The molecule has 0 saturated heterocycles. The molecule has 0 aliphatic carbocycles. The summed E-state index contributed by atoms with van der Waals surface area (Å²) >= 11 is 0. The standard InChI is InChI=1S/C13H18N6O3/c1-5-17-9(3)11(6-14-17)15-13(20)10(4)18-7-12(19(21)22)8(2)16-18/h6-7,10H,5H2,1-4H3,(H,15,20). The Bertz CT molecular complexity index is 717. The topological polar surface area (TPSA) is 108 Å². The number of nitrogens with one attached hydrogen (secondary N) is 1. The van der Waals surface area contributed by atoms with Crippen molar-refractivity contribution in [1.29, 1.82) is 0 Å². The lowest BCUT2D eigenvalue weighted by Gasteiger charge is -2.12. The fraction of sp³-hybridized carbons (Fsp3) is 0.462. The van der Waals surface area contributed by atoms with E-state index < -0.39 is 11.0 Å². The third-order valence-electron chi connectivity index (χ3n) is 3.52. The summed E-state index contributed by atoms with van der Waals surface area (Å²) < 4.78 is 3.06. The largest absolute Gasteiger partial charge is 0.321 e. The number of aromatic nitrogens is 4. The smallest absolute Gasteiger partial charge is 0.309 e. The summed E-state index contributed by atoms with van der Waals surface area (Å²) in [6, 6.07) is -0.670. The highest BCUT2D eigenvalue weighted by Crippen LogP contribution is 2.20. The van der Waals surface area contributed by atoms with Crippen molar-refractivity contribution >= 4 is 17.3 Å². The van der Waals surface area contributed by atoms with Crippen molar-refractivity contribution in [2.24, 2.45) is 0 Å². The van der Waals surface area contributed by atoms with Crippen LogP contribution < -0.4 is 5.32 Å². The highest BCUT2D eigenvalue weighted by Gasteiger charge is 2.23. The molecule has 2 aromatic rings. The van der Waals surface area contributed by atoms with E-state index >= 15 is 0 Å². The number of anilines is 1. The predicted octanol–water partition coefficient (Wildman–Crippen LogP) is 1.82. The van der Waals surface area contributed by atoms with Gasteiger partial charge in [0.25, 0.3) is 0 Å². The summed E-state index contributed by atoms with van der Waals surface area (Å²) in [4.78, 5) is 22.6. The van der Waals surface area contributed by atoms with Crippen LogP contribution in [-0.4, -0.2) is 30.4 Å². The Hall–Kier alpha value is -2.71. The molecule has 0 aliphatic rings. The van der Waals surface area contributed by atoms with E-state index in [1.165, 1.54) is 17.8 Å². The summed E-state index contributed by atoms with van der Waals surface area (Å²) in [5, 5.41) is 21.8. The van der Waals surface area contributed by atoms with Gasteiger partial charge in [-0.2, -0.15) is 10.2 Å². The minimum Gasteiger partial charge on any atom is -0.321 e. The molecule has 0 saturated carbocycles. The zero-order chi connectivity index (χ0) is 16.4. The lowest BCUT2D eigenvalue weighted by molar-refractivity contribution is -0.385. The molecular formula is C13H18N6O3. The van der Waals surface area contributed by atoms with Crippen LogP contribution in [0.2, 0.25) is 0 Å².